The lowest BCUT2D eigenvalue weighted by atomic mass is 10.1. The number of halogens is 1. The number of aliphatic hydroxyl groups excluding tert-OH is 2. The number of nitrogens with two attached hydrogens (primary N) is 1. The number of H-pyrrole nitrogens is 1. The Morgan fingerprint density at radius 1 is 1.63 bits per heavy atom. The highest BCUT2D eigenvalue weighted by Crippen LogP contribution is 2.38. The lowest BCUT2D eigenvalue weighted by molar-refractivity contribution is -0.217. The molecule has 9 nitrogen and oxygen atoms in total. The Kier molecular flexibility index (Phi) is 6.18. The highest BCUT2D eigenvalue weighted by atomic mass is 32.1. The fraction of sp³-hybridized carbons (Fsp3) is 0.562. The summed E-state index contributed by atoms with van der Waals surface area (Å²) in [7, 11) is 0. The van der Waals surface area contributed by atoms with Crippen LogP contribution in [0.25, 0.3) is 0 Å². The molecule has 5 atom stereocenters. The van der Waals surface area contributed by atoms with E-state index in [0.717, 1.165) is 10.8 Å². The summed E-state index contributed by atoms with van der Waals surface area (Å²) >= 11 is 4.96. The summed E-state index contributed by atoms with van der Waals surface area (Å²) < 4.78 is 25.7. The SMILES string of the molecule is C#Cc1cn([C@@H]2O[C@](F)(COC(=O)[C@@H](N)C(C)C)[C@@H](O)[C@H]2O)c(=S)[nH]c1=O. The van der Waals surface area contributed by atoms with Gasteiger partial charge in [0.2, 0.25) is 0 Å². The molecule has 0 saturated carbocycles. The number of rotatable bonds is 5. The van der Waals surface area contributed by atoms with Gasteiger partial charge in [0.25, 0.3) is 11.4 Å². The monoisotopic (exact) mass is 401 g/mol. The summed E-state index contributed by atoms with van der Waals surface area (Å²) in [6.07, 6.45) is 0.937. The zero-order valence-corrected chi connectivity index (χ0v) is 15.4. The van der Waals surface area contributed by atoms with Crippen molar-refractivity contribution in [3.63, 3.8) is 0 Å². The minimum Gasteiger partial charge on any atom is -0.458 e. The molecule has 11 heteroatoms. The Hall–Kier alpha value is -2.10. The number of aliphatic hydroxyl groups is 2. The van der Waals surface area contributed by atoms with Crippen LogP contribution in [0.3, 0.4) is 0 Å². The molecule has 0 aromatic carbocycles. The van der Waals surface area contributed by atoms with Crippen molar-refractivity contribution in [3.8, 4) is 12.3 Å². The molecule has 5 N–H and O–H groups in total. The maximum atomic E-state index is 15.0. The average molecular weight is 401 g/mol. The molecule has 1 aromatic rings. The Morgan fingerprint density at radius 3 is 2.81 bits per heavy atom. The van der Waals surface area contributed by atoms with Gasteiger partial charge in [0, 0.05) is 6.20 Å². The van der Waals surface area contributed by atoms with Crippen molar-refractivity contribution in [2.45, 2.75) is 44.2 Å². The van der Waals surface area contributed by atoms with Crippen molar-refractivity contribution in [1.29, 1.82) is 0 Å². The van der Waals surface area contributed by atoms with E-state index in [9.17, 15) is 19.8 Å². The zero-order valence-electron chi connectivity index (χ0n) is 14.6. The quantitative estimate of drug-likeness (QED) is 0.289. The topological polar surface area (TPSA) is 140 Å². The molecule has 1 aromatic heterocycles. The highest BCUT2D eigenvalue weighted by Gasteiger charge is 2.57. The van der Waals surface area contributed by atoms with Gasteiger partial charge in [-0.05, 0) is 18.1 Å². The first-order chi connectivity index (χ1) is 12.5. The first kappa shape index (κ1) is 21.2. The van der Waals surface area contributed by atoms with Gasteiger partial charge < -0.3 is 25.4 Å². The normalized spacial score (nSPS) is 28.7. The molecule has 1 aliphatic rings. The van der Waals surface area contributed by atoms with E-state index in [1.54, 1.807) is 13.8 Å². The van der Waals surface area contributed by atoms with Crippen molar-refractivity contribution in [2.24, 2.45) is 11.7 Å². The fourth-order valence-electron chi connectivity index (χ4n) is 2.41. The number of hydrogen-bond acceptors (Lipinski definition) is 8. The van der Waals surface area contributed by atoms with Crippen molar-refractivity contribution < 1.29 is 28.9 Å². The predicted octanol–water partition coefficient (Wildman–Crippen LogP) is -0.670. The van der Waals surface area contributed by atoms with E-state index in [-0.39, 0.29) is 16.3 Å². The van der Waals surface area contributed by atoms with Gasteiger partial charge in [-0.15, -0.1) is 6.42 Å². The van der Waals surface area contributed by atoms with Crippen LogP contribution < -0.4 is 11.3 Å². The second-order valence-corrected chi connectivity index (χ2v) is 6.85. The van der Waals surface area contributed by atoms with Crippen LogP contribution >= 0.6 is 12.2 Å². The summed E-state index contributed by atoms with van der Waals surface area (Å²) in [5.74, 6) is -1.94. The molecule has 2 heterocycles. The number of aromatic nitrogens is 2. The van der Waals surface area contributed by atoms with E-state index in [1.165, 1.54) is 0 Å². The van der Waals surface area contributed by atoms with Gasteiger partial charge in [-0.2, -0.15) is 0 Å². The van der Waals surface area contributed by atoms with Crippen LogP contribution in [0.1, 0.15) is 25.6 Å². The summed E-state index contributed by atoms with van der Waals surface area (Å²) in [5, 5.41) is 20.2. The van der Waals surface area contributed by atoms with Crippen molar-refractivity contribution >= 4 is 18.2 Å². The molecular formula is C16H20FN3O6S. The van der Waals surface area contributed by atoms with Crippen LogP contribution in [-0.4, -0.2) is 56.4 Å². The number of carbonyl (C=O) groups is 1. The smallest absolute Gasteiger partial charge is 0.323 e. The average Bonchev–Trinajstić information content (AvgIpc) is 2.84. The molecule has 1 saturated heterocycles. The van der Waals surface area contributed by atoms with Crippen LogP contribution in [0.15, 0.2) is 11.0 Å². The molecule has 1 fully saturated rings. The molecule has 1 aliphatic heterocycles. The van der Waals surface area contributed by atoms with Gasteiger partial charge in [-0.1, -0.05) is 19.8 Å². The van der Waals surface area contributed by atoms with Crippen LogP contribution in [0.4, 0.5) is 4.39 Å². The maximum absolute atomic E-state index is 15.0. The Balaban J connectivity index is 2.25. The largest absolute Gasteiger partial charge is 0.458 e. The number of nitrogens with zero attached hydrogens (tertiary/aromatic N) is 1. The van der Waals surface area contributed by atoms with Crippen molar-refractivity contribution in [1.82, 2.24) is 9.55 Å². The summed E-state index contributed by atoms with van der Waals surface area (Å²) in [6.45, 7) is 2.36. The molecule has 0 spiro atoms. The summed E-state index contributed by atoms with van der Waals surface area (Å²) in [5.41, 5.74) is 4.83. The fourth-order valence-corrected chi connectivity index (χ4v) is 2.66. The van der Waals surface area contributed by atoms with E-state index < -0.39 is 48.5 Å². The van der Waals surface area contributed by atoms with Gasteiger partial charge in [-0.3, -0.25) is 19.1 Å². The number of alkyl halides is 1. The van der Waals surface area contributed by atoms with E-state index in [2.05, 4.69) is 10.9 Å². The first-order valence-electron chi connectivity index (χ1n) is 7.99. The van der Waals surface area contributed by atoms with Crippen LogP contribution in [0.5, 0.6) is 0 Å². The Labute approximate surface area is 158 Å². The van der Waals surface area contributed by atoms with Crippen LogP contribution in [0.2, 0.25) is 0 Å². The van der Waals surface area contributed by atoms with Gasteiger partial charge in [0.05, 0.1) is 0 Å². The molecule has 0 bridgehead atoms. The van der Waals surface area contributed by atoms with Gasteiger partial charge in [0.1, 0.15) is 23.8 Å². The van der Waals surface area contributed by atoms with E-state index in [4.69, 9.17) is 33.8 Å². The Morgan fingerprint density at radius 2 is 2.26 bits per heavy atom. The molecular weight excluding hydrogens is 381 g/mol. The third-order valence-corrected chi connectivity index (χ3v) is 4.49. The van der Waals surface area contributed by atoms with Gasteiger partial charge in [0.15, 0.2) is 17.6 Å². The van der Waals surface area contributed by atoms with Crippen molar-refractivity contribution in [3.05, 3.63) is 26.9 Å². The number of hydrogen-bond donors (Lipinski definition) is 4. The van der Waals surface area contributed by atoms with Gasteiger partial charge >= 0.3 is 5.97 Å². The maximum Gasteiger partial charge on any atom is 0.323 e. The number of aromatic amines is 1. The molecule has 0 unspecified atom stereocenters. The number of nitrogens with one attached hydrogen (secondary N) is 1. The summed E-state index contributed by atoms with van der Waals surface area (Å²) in [4.78, 5) is 25.7. The predicted molar refractivity (Wildman–Crippen MR) is 93.6 cm³/mol. The minimum absolute atomic E-state index is 0.139. The lowest BCUT2D eigenvalue weighted by Gasteiger charge is -2.24. The van der Waals surface area contributed by atoms with E-state index >= 15 is 4.39 Å². The Bertz CT molecular complexity index is 878. The molecule has 0 aliphatic carbocycles. The number of terminal acetylenes is 1. The highest BCUT2D eigenvalue weighted by molar-refractivity contribution is 7.71. The summed E-state index contributed by atoms with van der Waals surface area (Å²) in [6, 6.07) is -0.987. The number of esters is 1. The van der Waals surface area contributed by atoms with Gasteiger partial charge in [-0.25, -0.2) is 4.39 Å². The first-order valence-corrected chi connectivity index (χ1v) is 8.39. The molecule has 148 valence electrons. The second-order valence-electron chi connectivity index (χ2n) is 6.46. The third kappa shape index (κ3) is 4.10. The van der Waals surface area contributed by atoms with Crippen LogP contribution in [0, 0.1) is 23.0 Å². The third-order valence-electron chi connectivity index (χ3n) is 4.17. The molecule has 2 rings (SSSR count). The standard InChI is InChI=1S/C16H20FN3O6S/c1-4-8-5-20(15(27)19-12(8)23)13-10(21)11(22)16(17,26-13)6-25-14(24)9(18)7(2)3/h1,5,7,9-11,13,21-22H,6,18H2,2-3H3,(H,19,23,27)/t9-,10+,11-,13+,16+/m0/s1. The second kappa shape index (κ2) is 7.87. The number of ether oxygens (including phenoxy) is 2. The van der Waals surface area contributed by atoms with E-state index in [1.807, 2.05) is 0 Å². The van der Waals surface area contributed by atoms with E-state index in [0.29, 0.717) is 0 Å². The zero-order chi connectivity index (χ0) is 20.5. The van der Waals surface area contributed by atoms with Crippen LogP contribution in [-0.2, 0) is 14.3 Å². The lowest BCUT2D eigenvalue weighted by Crippen LogP contribution is -2.46. The minimum atomic E-state index is -2.92. The number of carbonyl (C=O) groups excluding carboxylic acids is 1. The molecule has 0 amide bonds. The molecule has 0 radical (unpaired) electrons. The van der Waals surface area contributed by atoms with Crippen molar-refractivity contribution in [2.75, 3.05) is 6.61 Å². The molecule has 27 heavy (non-hydrogen) atoms.